The summed E-state index contributed by atoms with van der Waals surface area (Å²) in [6, 6.07) is 7.51. The second kappa shape index (κ2) is 6.31. The van der Waals surface area contributed by atoms with Crippen molar-refractivity contribution in [1.29, 1.82) is 0 Å². The maximum Gasteiger partial charge on any atom is 0.255 e. The first-order chi connectivity index (χ1) is 8.72. The fraction of sp³-hybridized carbons (Fsp3) is 0.462. The summed E-state index contributed by atoms with van der Waals surface area (Å²) in [6.45, 7) is 2.04. The Hall–Kier alpha value is -0.910. The van der Waals surface area contributed by atoms with Crippen LogP contribution in [0.15, 0.2) is 28.7 Å². The Morgan fingerprint density at radius 1 is 1.50 bits per heavy atom. The van der Waals surface area contributed by atoms with Gasteiger partial charge in [0.1, 0.15) is 0 Å². The second-order valence-electron chi connectivity index (χ2n) is 4.57. The number of piperidine rings is 1. The van der Waals surface area contributed by atoms with E-state index >= 15 is 0 Å². The van der Waals surface area contributed by atoms with Crippen molar-refractivity contribution in [3.63, 3.8) is 0 Å². The van der Waals surface area contributed by atoms with E-state index in [9.17, 15) is 4.79 Å². The van der Waals surface area contributed by atoms with Crippen LogP contribution >= 0.6 is 15.9 Å². The van der Waals surface area contributed by atoms with Crippen molar-refractivity contribution in [2.45, 2.75) is 12.8 Å². The molecular formula is C13H17BrN2O2. The van der Waals surface area contributed by atoms with Gasteiger partial charge in [-0.2, -0.15) is 0 Å². The van der Waals surface area contributed by atoms with E-state index in [4.69, 9.17) is 10.7 Å². The van der Waals surface area contributed by atoms with Crippen LogP contribution in [0, 0.1) is 5.92 Å². The van der Waals surface area contributed by atoms with Crippen LogP contribution in [0.5, 0.6) is 0 Å². The van der Waals surface area contributed by atoms with Crippen LogP contribution in [0.2, 0.25) is 0 Å². The molecule has 1 amide bonds. The Morgan fingerprint density at radius 2 is 2.28 bits per heavy atom. The zero-order valence-electron chi connectivity index (χ0n) is 10.1. The first-order valence-electron chi connectivity index (χ1n) is 6.08. The number of benzene rings is 1. The van der Waals surface area contributed by atoms with Crippen LogP contribution in [-0.4, -0.2) is 30.5 Å². The van der Waals surface area contributed by atoms with Gasteiger partial charge in [-0.25, -0.2) is 5.90 Å². The Morgan fingerprint density at radius 3 is 3.00 bits per heavy atom. The minimum atomic E-state index is 0.0733. The number of nitrogens with zero attached hydrogens (tertiary/aromatic N) is 1. The van der Waals surface area contributed by atoms with E-state index < -0.39 is 0 Å². The van der Waals surface area contributed by atoms with Crippen molar-refractivity contribution >= 4 is 21.8 Å². The molecule has 2 rings (SSSR count). The number of carbonyl (C=O) groups excluding carboxylic acids is 1. The summed E-state index contributed by atoms with van der Waals surface area (Å²) in [4.78, 5) is 19.0. The Bertz CT molecular complexity index is 423. The van der Waals surface area contributed by atoms with Gasteiger partial charge in [0.25, 0.3) is 5.91 Å². The third kappa shape index (κ3) is 3.10. The molecule has 1 fully saturated rings. The molecule has 1 aliphatic heterocycles. The normalized spacial score (nSPS) is 19.9. The third-order valence-electron chi connectivity index (χ3n) is 3.24. The second-order valence-corrected chi connectivity index (χ2v) is 5.43. The Labute approximate surface area is 115 Å². The Kier molecular flexibility index (Phi) is 4.74. The van der Waals surface area contributed by atoms with Gasteiger partial charge in [0.05, 0.1) is 12.2 Å². The number of carbonyl (C=O) groups is 1. The molecule has 0 radical (unpaired) electrons. The van der Waals surface area contributed by atoms with Gasteiger partial charge in [-0.3, -0.25) is 4.79 Å². The van der Waals surface area contributed by atoms with Crippen LogP contribution in [0.25, 0.3) is 0 Å². The zero-order valence-corrected chi connectivity index (χ0v) is 11.7. The van der Waals surface area contributed by atoms with Crippen molar-refractivity contribution in [1.82, 2.24) is 4.90 Å². The van der Waals surface area contributed by atoms with Gasteiger partial charge < -0.3 is 9.74 Å². The quantitative estimate of drug-likeness (QED) is 0.870. The number of amides is 1. The van der Waals surface area contributed by atoms with Gasteiger partial charge in [0.15, 0.2) is 0 Å². The predicted octanol–water partition coefficient (Wildman–Crippen LogP) is 2.19. The van der Waals surface area contributed by atoms with Crippen LogP contribution in [0.4, 0.5) is 0 Å². The number of halogens is 1. The molecule has 1 atom stereocenters. The van der Waals surface area contributed by atoms with Gasteiger partial charge in [0, 0.05) is 23.5 Å². The van der Waals surface area contributed by atoms with Gasteiger partial charge in [-0.1, -0.05) is 12.1 Å². The zero-order chi connectivity index (χ0) is 13.0. The van der Waals surface area contributed by atoms with E-state index in [-0.39, 0.29) is 5.91 Å². The molecule has 0 aliphatic carbocycles. The molecule has 18 heavy (non-hydrogen) atoms. The van der Waals surface area contributed by atoms with Gasteiger partial charge in [-0.05, 0) is 40.9 Å². The highest BCUT2D eigenvalue weighted by Gasteiger charge is 2.25. The summed E-state index contributed by atoms with van der Waals surface area (Å²) < 4.78 is 0.840. The van der Waals surface area contributed by atoms with Crippen LogP contribution in [0.1, 0.15) is 23.2 Å². The molecule has 1 saturated heterocycles. The van der Waals surface area contributed by atoms with Crippen LogP contribution in [-0.2, 0) is 4.84 Å². The van der Waals surface area contributed by atoms with E-state index in [0.29, 0.717) is 18.1 Å². The van der Waals surface area contributed by atoms with E-state index in [1.54, 1.807) is 0 Å². The number of nitrogens with two attached hydrogens (primary N) is 1. The number of hydrogen-bond acceptors (Lipinski definition) is 3. The average Bonchev–Trinajstić information content (AvgIpc) is 2.39. The summed E-state index contributed by atoms with van der Waals surface area (Å²) in [6.07, 6.45) is 2.07. The van der Waals surface area contributed by atoms with Crippen LogP contribution < -0.4 is 5.90 Å². The highest BCUT2D eigenvalue weighted by molar-refractivity contribution is 9.10. The lowest BCUT2D eigenvalue weighted by Gasteiger charge is -2.32. The fourth-order valence-corrected chi connectivity index (χ4v) is 2.78. The van der Waals surface area contributed by atoms with Crippen molar-refractivity contribution in [3.8, 4) is 0 Å². The lowest BCUT2D eigenvalue weighted by molar-refractivity contribution is 0.0471. The lowest BCUT2D eigenvalue weighted by atomic mass is 9.98. The molecule has 1 aromatic carbocycles. The molecule has 0 aromatic heterocycles. The van der Waals surface area contributed by atoms with Crippen molar-refractivity contribution in [2.24, 2.45) is 11.8 Å². The molecule has 1 heterocycles. The van der Waals surface area contributed by atoms with E-state index in [1.807, 2.05) is 29.2 Å². The summed E-state index contributed by atoms with van der Waals surface area (Å²) in [5.41, 5.74) is 0.715. The molecule has 0 bridgehead atoms. The Balaban J connectivity index is 2.07. The highest BCUT2D eigenvalue weighted by Crippen LogP contribution is 2.22. The highest BCUT2D eigenvalue weighted by atomic mass is 79.9. The first kappa shape index (κ1) is 13.5. The molecule has 1 unspecified atom stereocenters. The number of rotatable bonds is 3. The minimum absolute atomic E-state index is 0.0733. The van der Waals surface area contributed by atoms with E-state index in [1.165, 1.54) is 0 Å². The molecule has 98 valence electrons. The largest absolute Gasteiger partial charge is 0.338 e. The van der Waals surface area contributed by atoms with Gasteiger partial charge in [0.2, 0.25) is 0 Å². The van der Waals surface area contributed by atoms with Crippen molar-refractivity contribution < 1.29 is 9.63 Å². The topological polar surface area (TPSA) is 55.6 Å². The summed E-state index contributed by atoms with van der Waals surface area (Å²) >= 11 is 3.42. The van der Waals surface area contributed by atoms with E-state index in [2.05, 4.69) is 15.9 Å². The SMILES string of the molecule is NOCC1CCCN(C(=O)c2ccccc2Br)C1. The lowest BCUT2D eigenvalue weighted by Crippen LogP contribution is -2.41. The van der Waals surface area contributed by atoms with Crippen molar-refractivity contribution in [3.05, 3.63) is 34.3 Å². The monoisotopic (exact) mass is 312 g/mol. The molecule has 0 spiro atoms. The number of hydrogen-bond donors (Lipinski definition) is 1. The maximum atomic E-state index is 12.4. The predicted molar refractivity (Wildman–Crippen MR) is 72.9 cm³/mol. The molecule has 2 N–H and O–H groups in total. The summed E-state index contributed by atoms with van der Waals surface area (Å²) in [5.74, 6) is 5.52. The van der Waals surface area contributed by atoms with Gasteiger partial charge in [-0.15, -0.1) is 0 Å². The molecular weight excluding hydrogens is 296 g/mol. The first-order valence-corrected chi connectivity index (χ1v) is 6.87. The smallest absolute Gasteiger partial charge is 0.255 e. The summed E-state index contributed by atoms with van der Waals surface area (Å²) in [7, 11) is 0. The maximum absolute atomic E-state index is 12.4. The molecule has 1 aromatic rings. The standard InChI is InChI=1S/C13H17BrN2O2/c14-12-6-2-1-5-11(12)13(17)16-7-3-4-10(8-16)9-18-15/h1-2,5-6,10H,3-4,7-9,15H2. The molecule has 5 heteroatoms. The van der Waals surface area contributed by atoms with Crippen molar-refractivity contribution in [2.75, 3.05) is 19.7 Å². The fourth-order valence-electron chi connectivity index (χ4n) is 2.33. The van der Waals surface area contributed by atoms with Crippen LogP contribution in [0.3, 0.4) is 0 Å². The molecule has 4 nitrogen and oxygen atoms in total. The molecule has 1 aliphatic rings. The summed E-state index contributed by atoms with van der Waals surface area (Å²) in [5, 5.41) is 0. The number of likely N-dealkylation sites (tertiary alicyclic amines) is 1. The average molecular weight is 313 g/mol. The molecule has 0 saturated carbocycles. The minimum Gasteiger partial charge on any atom is -0.338 e. The van der Waals surface area contributed by atoms with E-state index in [0.717, 1.165) is 30.4 Å². The third-order valence-corrected chi connectivity index (χ3v) is 3.93. The van der Waals surface area contributed by atoms with Gasteiger partial charge >= 0.3 is 0 Å².